The summed E-state index contributed by atoms with van der Waals surface area (Å²) in [6.07, 6.45) is 5.50. The van der Waals surface area contributed by atoms with E-state index in [1.54, 1.807) is 0 Å². The number of ketones is 1. The van der Waals surface area contributed by atoms with E-state index in [9.17, 15) is 9.59 Å². The molecule has 0 aliphatic carbocycles. The summed E-state index contributed by atoms with van der Waals surface area (Å²) in [5.74, 6) is -0.650. The normalized spacial score (nSPS) is 24.2. The fraction of sp³-hybridized carbons (Fsp3) is 0.538. The fourth-order valence-corrected chi connectivity index (χ4v) is 1.21. The second kappa shape index (κ2) is 10.4. The van der Waals surface area contributed by atoms with E-state index >= 15 is 0 Å². The van der Waals surface area contributed by atoms with Crippen molar-refractivity contribution in [2.75, 3.05) is 46.2 Å². The lowest BCUT2D eigenvalue weighted by molar-refractivity contribution is -0.139. The monoisotopic (exact) mass is 270 g/mol. The van der Waals surface area contributed by atoms with Crippen molar-refractivity contribution in [2.24, 2.45) is 0 Å². The summed E-state index contributed by atoms with van der Waals surface area (Å²) < 4.78 is 20.4. The molecule has 0 bridgehead atoms. The van der Waals surface area contributed by atoms with Gasteiger partial charge in [-0.3, -0.25) is 4.79 Å². The van der Waals surface area contributed by atoms with E-state index < -0.39 is 5.97 Å². The summed E-state index contributed by atoms with van der Waals surface area (Å²) in [6, 6.07) is 0. The number of cyclic esters (lactones) is 1. The Morgan fingerprint density at radius 2 is 1.32 bits per heavy atom. The first-order valence-electron chi connectivity index (χ1n) is 6.06. The zero-order valence-corrected chi connectivity index (χ0v) is 10.7. The van der Waals surface area contributed by atoms with Crippen LogP contribution in [0.25, 0.3) is 0 Å². The predicted octanol–water partition coefficient (Wildman–Crippen LogP) is 0.274. The van der Waals surface area contributed by atoms with Crippen LogP contribution in [-0.4, -0.2) is 58.0 Å². The third-order valence-electron chi connectivity index (χ3n) is 2.09. The maximum Gasteiger partial charge on any atom is 0.330 e. The highest BCUT2D eigenvalue weighted by molar-refractivity contribution is 5.91. The van der Waals surface area contributed by atoms with Crippen LogP contribution in [-0.2, 0) is 28.5 Å². The summed E-state index contributed by atoms with van der Waals surface area (Å²) in [5, 5.41) is 0. The number of hydrogen-bond acceptors (Lipinski definition) is 6. The molecule has 1 aliphatic rings. The molecule has 0 aromatic rings. The minimum atomic E-state index is -0.475. The zero-order chi connectivity index (χ0) is 13.8. The van der Waals surface area contributed by atoms with Crippen LogP contribution < -0.4 is 0 Å². The molecule has 0 saturated heterocycles. The summed E-state index contributed by atoms with van der Waals surface area (Å²) >= 11 is 0. The highest BCUT2D eigenvalue weighted by Gasteiger charge is 1.99. The molecular formula is C13H18O6. The van der Waals surface area contributed by atoms with Crippen molar-refractivity contribution in [3.05, 3.63) is 24.3 Å². The van der Waals surface area contributed by atoms with Gasteiger partial charge in [0.25, 0.3) is 0 Å². The predicted molar refractivity (Wildman–Crippen MR) is 66.7 cm³/mol. The van der Waals surface area contributed by atoms with Gasteiger partial charge in [-0.05, 0) is 6.08 Å². The molecule has 106 valence electrons. The first kappa shape index (κ1) is 15.6. The number of hydrogen-bond donors (Lipinski definition) is 0. The van der Waals surface area contributed by atoms with Gasteiger partial charge < -0.3 is 18.9 Å². The molecule has 6 heteroatoms. The highest BCUT2D eigenvalue weighted by Crippen LogP contribution is 1.88. The topological polar surface area (TPSA) is 71.1 Å². The number of carbonyl (C=O) groups is 2. The molecule has 0 atom stereocenters. The summed E-state index contributed by atoms with van der Waals surface area (Å²) in [4.78, 5) is 22.5. The van der Waals surface area contributed by atoms with Crippen LogP contribution in [0.1, 0.15) is 0 Å². The van der Waals surface area contributed by atoms with Gasteiger partial charge >= 0.3 is 5.97 Å². The molecule has 1 aliphatic heterocycles. The molecule has 0 unspecified atom stereocenters. The number of esters is 1. The molecule has 19 heavy (non-hydrogen) atoms. The standard InChI is InChI=1S/C13H18O6/c14-12-3-1-2-4-13(15)19-10-9-17-6-5-16-7-8-18-11-12/h1-4H,5-11H2/b3-1-,4-2+. The van der Waals surface area contributed by atoms with E-state index in [-0.39, 0.29) is 19.0 Å². The Morgan fingerprint density at radius 3 is 2.05 bits per heavy atom. The Morgan fingerprint density at radius 1 is 0.737 bits per heavy atom. The average molecular weight is 270 g/mol. The smallest absolute Gasteiger partial charge is 0.330 e. The lowest BCUT2D eigenvalue weighted by atomic mass is 10.3. The molecular weight excluding hydrogens is 252 g/mol. The van der Waals surface area contributed by atoms with Crippen LogP contribution in [0.2, 0.25) is 0 Å². The van der Waals surface area contributed by atoms with E-state index in [1.807, 2.05) is 0 Å². The molecule has 0 aromatic carbocycles. The lowest BCUT2D eigenvalue weighted by Crippen LogP contribution is -2.14. The molecule has 6 nitrogen and oxygen atoms in total. The van der Waals surface area contributed by atoms with Crippen molar-refractivity contribution in [2.45, 2.75) is 0 Å². The molecule has 0 N–H and O–H groups in total. The number of ether oxygens (including phenoxy) is 4. The van der Waals surface area contributed by atoms with Crippen molar-refractivity contribution in [1.29, 1.82) is 0 Å². The van der Waals surface area contributed by atoms with Gasteiger partial charge in [0, 0.05) is 6.08 Å². The Hall–Kier alpha value is -1.50. The van der Waals surface area contributed by atoms with Gasteiger partial charge in [0.15, 0.2) is 5.78 Å². The maximum atomic E-state index is 11.3. The quantitative estimate of drug-likeness (QED) is 0.589. The number of allylic oxidation sites excluding steroid dienone is 2. The van der Waals surface area contributed by atoms with Gasteiger partial charge in [-0.25, -0.2) is 4.79 Å². The highest BCUT2D eigenvalue weighted by atomic mass is 16.6. The van der Waals surface area contributed by atoms with Crippen molar-refractivity contribution >= 4 is 11.8 Å². The molecule has 0 saturated carbocycles. The molecule has 0 amide bonds. The van der Waals surface area contributed by atoms with E-state index in [0.29, 0.717) is 33.0 Å². The Bertz CT molecular complexity index is 302. The first-order chi connectivity index (χ1) is 9.29. The van der Waals surface area contributed by atoms with Gasteiger partial charge in [0.2, 0.25) is 0 Å². The third-order valence-corrected chi connectivity index (χ3v) is 2.09. The second-order valence-electron chi connectivity index (χ2n) is 3.63. The molecule has 1 heterocycles. The van der Waals surface area contributed by atoms with Crippen LogP contribution in [0.4, 0.5) is 0 Å². The largest absolute Gasteiger partial charge is 0.460 e. The summed E-state index contributed by atoms with van der Waals surface area (Å²) in [5.41, 5.74) is 0. The average Bonchev–Trinajstić information content (AvgIpc) is 2.40. The van der Waals surface area contributed by atoms with Gasteiger partial charge in [-0.2, -0.15) is 0 Å². The summed E-state index contributed by atoms with van der Waals surface area (Å²) in [6.45, 7) is 2.14. The molecule has 0 radical (unpaired) electrons. The molecule has 0 spiro atoms. The SMILES string of the molecule is O=C1/C=C\C=C\C(=O)OCCOCCOCCOC1. The number of carbonyl (C=O) groups excluding carboxylic acids is 2. The fourth-order valence-electron chi connectivity index (χ4n) is 1.21. The van der Waals surface area contributed by atoms with Crippen molar-refractivity contribution in [1.82, 2.24) is 0 Å². The first-order valence-corrected chi connectivity index (χ1v) is 6.06. The minimum absolute atomic E-state index is 0.00531. The van der Waals surface area contributed by atoms with Gasteiger partial charge in [-0.1, -0.05) is 12.2 Å². The van der Waals surface area contributed by atoms with Crippen LogP contribution in [0.15, 0.2) is 24.3 Å². The molecule has 0 aromatic heterocycles. The van der Waals surface area contributed by atoms with E-state index in [2.05, 4.69) is 0 Å². The second-order valence-corrected chi connectivity index (χ2v) is 3.63. The van der Waals surface area contributed by atoms with E-state index in [1.165, 1.54) is 24.3 Å². The van der Waals surface area contributed by atoms with Crippen LogP contribution in [0.5, 0.6) is 0 Å². The Kier molecular flexibility index (Phi) is 8.54. The van der Waals surface area contributed by atoms with Gasteiger partial charge in [0.1, 0.15) is 13.2 Å². The maximum absolute atomic E-state index is 11.3. The summed E-state index contributed by atoms with van der Waals surface area (Å²) in [7, 11) is 0. The Labute approximate surface area is 112 Å². The van der Waals surface area contributed by atoms with Crippen molar-refractivity contribution in [3.63, 3.8) is 0 Å². The molecule has 1 rings (SSSR count). The lowest BCUT2D eigenvalue weighted by Gasteiger charge is -2.06. The Balaban J connectivity index is 2.37. The van der Waals surface area contributed by atoms with E-state index in [0.717, 1.165) is 0 Å². The van der Waals surface area contributed by atoms with Crippen molar-refractivity contribution < 1.29 is 28.5 Å². The van der Waals surface area contributed by atoms with Gasteiger partial charge in [-0.15, -0.1) is 0 Å². The van der Waals surface area contributed by atoms with Crippen LogP contribution in [0.3, 0.4) is 0 Å². The van der Waals surface area contributed by atoms with E-state index in [4.69, 9.17) is 18.9 Å². The van der Waals surface area contributed by atoms with Gasteiger partial charge in [0.05, 0.1) is 33.0 Å². The third kappa shape index (κ3) is 9.12. The van der Waals surface area contributed by atoms with Crippen LogP contribution in [0, 0.1) is 0 Å². The minimum Gasteiger partial charge on any atom is -0.460 e. The zero-order valence-electron chi connectivity index (χ0n) is 10.7. The van der Waals surface area contributed by atoms with Crippen molar-refractivity contribution in [3.8, 4) is 0 Å². The number of rotatable bonds is 0. The van der Waals surface area contributed by atoms with Crippen LogP contribution >= 0.6 is 0 Å². The molecule has 0 fully saturated rings.